The predicted octanol–water partition coefficient (Wildman–Crippen LogP) is 3.03. The smallest absolute Gasteiger partial charge is 0.0991 e. The molecule has 24 heavy (non-hydrogen) atoms. The van der Waals surface area contributed by atoms with Crippen molar-refractivity contribution in [1.29, 1.82) is 5.26 Å². The first kappa shape index (κ1) is 16.5. The fourth-order valence-electron chi connectivity index (χ4n) is 3.15. The van der Waals surface area contributed by atoms with Gasteiger partial charge in [0.15, 0.2) is 0 Å². The molecule has 4 heteroatoms. The molecule has 1 aliphatic rings. The third-order valence-corrected chi connectivity index (χ3v) is 4.29. The predicted molar refractivity (Wildman–Crippen MR) is 95.8 cm³/mol. The van der Waals surface area contributed by atoms with Crippen molar-refractivity contribution in [3.8, 4) is 6.07 Å². The quantitative estimate of drug-likeness (QED) is 0.848. The minimum atomic E-state index is 0.717. The van der Waals surface area contributed by atoms with Gasteiger partial charge < -0.3 is 9.64 Å². The first-order chi connectivity index (χ1) is 11.8. The van der Waals surface area contributed by atoms with E-state index in [9.17, 15) is 0 Å². The van der Waals surface area contributed by atoms with Gasteiger partial charge >= 0.3 is 0 Å². The molecule has 2 aromatic rings. The van der Waals surface area contributed by atoms with Gasteiger partial charge in [-0.25, -0.2) is 0 Å². The summed E-state index contributed by atoms with van der Waals surface area (Å²) in [5.41, 5.74) is 4.52. The van der Waals surface area contributed by atoms with Crippen molar-refractivity contribution in [2.75, 3.05) is 38.3 Å². The monoisotopic (exact) mass is 321 g/mol. The summed E-state index contributed by atoms with van der Waals surface area (Å²) < 4.78 is 5.46. The number of benzene rings is 2. The van der Waals surface area contributed by atoms with Crippen LogP contribution < -0.4 is 4.90 Å². The second kappa shape index (κ2) is 7.96. The molecule has 0 amide bonds. The largest absolute Gasteiger partial charge is 0.378 e. The van der Waals surface area contributed by atoms with Gasteiger partial charge in [-0.15, -0.1) is 0 Å². The molecule has 0 unspecified atom stereocenters. The maximum atomic E-state index is 9.03. The van der Waals surface area contributed by atoms with Crippen LogP contribution in [0, 0.1) is 11.3 Å². The van der Waals surface area contributed by atoms with Gasteiger partial charge in [0.1, 0.15) is 0 Å². The van der Waals surface area contributed by atoms with E-state index in [-0.39, 0.29) is 0 Å². The number of morpholine rings is 1. The zero-order valence-corrected chi connectivity index (χ0v) is 14.1. The molecule has 0 saturated carbocycles. The molecule has 0 N–H and O–H groups in total. The zero-order chi connectivity index (χ0) is 16.8. The van der Waals surface area contributed by atoms with Crippen molar-refractivity contribution in [1.82, 2.24) is 4.90 Å². The Balaban J connectivity index is 1.70. The summed E-state index contributed by atoms with van der Waals surface area (Å²) in [6, 6.07) is 18.6. The lowest BCUT2D eigenvalue weighted by molar-refractivity contribution is 0.122. The lowest BCUT2D eigenvalue weighted by atomic mass is 10.1. The Morgan fingerprint density at radius 1 is 1.08 bits per heavy atom. The highest BCUT2D eigenvalue weighted by atomic mass is 16.5. The molecule has 0 spiro atoms. The second-order valence-corrected chi connectivity index (χ2v) is 6.21. The Bertz CT molecular complexity index is 717. The number of hydrogen-bond donors (Lipinski definition) is 0. The van der Waals surface area contributed by atoms with E-state index in [2.05, 4.69) is 53.2 Å². The van der Waals surface area contributed by atoms with Gasteiger partial charge in [-0.2, -0.15) is 5.26 Å². The van der Waals surface area contributed by atoms with E-state index in [1.165, 1.54) is 16.8 Å². The van der Waals surface area contributed by atoms with Crippen LogP contribution in [0.25, 0.3) is 0 Å². The summed E-state index contributed by atoms with van der Waals surface area (Å²) >= 11 is 0. The summed E-state index contributed by atoms with van der Waals surface area (Å²) in [6.45, 7) is 5.20. The number of hydrogen-bond acceptors (Lipinski definition) is 4. The Morgan fingerprint density at radius 3 is 2.67 bits per heavy atom. The van der Waals surface area contributed by atoms with Crippen molar-refractivity contribution in [2.45, 2.75) is 13.1 Å². The molecule has 0 radical (unpaired) electrons. The number of nitrogens with zero attached hydrogens (tertiary/aromatic N) is 3. The summed E-state index contributed by atoms with van der Waals surface area (Å²) in [5, 5.41) is 9.03. The molecule has 0 atom stereocenters. The number of rotatable bonds is 5. The van der Waals surface area contributed by atoms with Crippen molar-refractivity contribution < 1.29 is 4.74 Å². The fourth-order valence-corrected chi connectivity index (χ4v) is 3.15. The average Bonchev–Trinajstić information content (AvgIpc) is 2.63. The highest BCUT2D eigenvalue weighted by Crippen LogP contribution is 2.23. The van der Waals surface area contributed by atoms with Crippen LogP contribution in [-0.4, -0.2) is 38.3 Å². The lowest BCUT2D eigenvalue weighted by Crippen LogP contribution is -2.37. The van der Waals surface area contributed by atoms with E-state index >= 15 is 0 Å². The molecule has 1 fully saturated rings. The van der Waals surface area contributed by atoms with Gasteiger partial charge in [0.25, 0.3) is 0 Å². The van der Waals surface area contributed by atoms with Gasteiger partial charge in [0.05, 0.1) is 24.8 Å². The number of nitriles is 1. The van der Waals surface area contributed by atoms with Gasteiger partial charge in [-0.3, -0.25) is 4.90 Å². The van der Waals surface area contributed by atoms with Crippen LogP contribution in [0.2, 0.25) is 0 Å². The molecule has 1 saturated heterocycles. The standard InChI is InChI=1S/C20H23N3O/c1-22(15-18-6-4-5-17(13-18)14-21)16-19-7-2-3-8-20(19)23-9-11-24-12-10-23/h2-8,13H,9-12,15-16H2,1H3. The topological polar surface area (TPSA) is 39.5 Å². The molecule has 3 rings (SSSR count). The van der Waals surface area contributed by atoms with Crippen molar-refractivity contribution >= 4 is 5.69 Å². The lowest BCUT2D eigenvalue weighted by Gasteiger charge is -2.31. The highest BCUT2D eigenvalue weighted by molar-refractivity contribution is 5.54. The van der Waals surface area contributed by atoms with Gasteiger partial charge in [0, 0.05) is 31.9 Å². The first-order valence-electron chi connectivity index (χ1n) is 8.34. The molecular weight excluding hydrogens is 298 g/mol. The van der Waals surface area contributed by atoms with Crippen LogP contribution >= 0.6 is 0 Å². The third-order valence-electron chi connectivity index (χ3n) is 4.29. The first-order valence-corrected chi connectivity index (χ1v) is 8.34. The van der Waals surface area contributed by atoms with Crippen molar-refractivity contribution in [2.24, 2.45) is 0 Å². The number of para-hydroxylation sites is 1. The summed E-state index contributed by atoms with van der Waals surface area (Å²) in [7, 11) is 2.12. The van der Waals surface area contributed by atoms with E-state index in [1.807, 2.05) is 18.2 Å². The maximum absolute atomic E-state index is 9.03. The third kappa shape index (κ3) is 4.14. The summed E-state index contributed by atoms with van der Waals surface area (Å²) in [6.07, 6.45) is 0. The van der Waals surface area contributed by atoms with Crippen LogP contribution in [0.15, 0.2) is 48.5 Å². The molecule has 1 aliphatic heterocycles. The molecular formula is C20H23N3O. The van der Waals surface area contributed by atoms with E-state index < -0.39 is 0 Å². The van der Waals surface area contributed by atoms with Gasteiger partial charge in [-0.1, -0.05) is 30.3 Å². The number of anilines is 1. The Hall–Kier alpha value is -2.35. The molecule has 0 aliphatic carbocycles. The van der Waals surface area contributed by atoms with Crippen LogP contribution in [0.1, 0.15) is 16.7 Å². The second-order valence-electron chi connectivity index (χ2n) is 6.21. The molecule has 2 aromatic carbocycles. The minimum absolute atomic E-state index is 0.717. The van der Waals surface area contributed by atoms with Gasteiger partial charge in [-0.05, 0) is 36.4 Å². The van der Waals surface area contributed by atoms with E-state index in [0.717, 1.165) is 45.0 Å². The normalized spacial score (nSPS) is 14.6. The summed E-state index contributed by atoms with van der Waals surface area (Å²) in [5.74, 6) is 0. The maximum Gasteiger partial charge on any atom is 0.0991 e. The average molecular weight is 321 g/mol. The fraction of sp³-hybridized carbons (Fsp3) is 0.350. The Morgan fingerprint density at radius 2 is 1.88 bits per heavy atom. The molecule has 4 nitrogen and oxygen atoms in total. The van der Waals surface area contributed by atoms with Gasteiger partial charge in [0.2, 0.25) is 0 Å². The molecule has 1 heterocycles. The van der Waals surface area contributed by atoms with Crippen LogP contribution in [0.5, 0.6) is 0 Å². The summed E-state index contributed by atoms with van der Waals surface area (Å²) in [4.78, 5) is 4.69. The zero-order valence-electron chi connectivity index (χ0n) is 14.1. The minimum Gasteiger partial charge on any atom is -0.378 e. The molecule has 0 aromatic heterocycles. The molecule has 0 bridgehead atoms. The SMILES string of the molecule is CN(Cc1cccc(C#N)c1)Cc1ccccc1N1CCOCC1. The van der Waals surface area contributed by atoms with Crippen molar-refractivity contribution in [3.63, 3.8) is 0 Å². The highest BCUT2D eigenvalue weighted by Gasteiger charge is 2.15. The van der Waals surface area contributed by atoms with E-state index in [0.29, 0.717) is 0 Å². The Kier molecular flexibility index (Phi) is 5.47. The van der Waals surface area contributed by atoms with Crippen LogP contribution in [0.3, 0.4) is 0 Å². The van der Waals surface area contributed by atoms with Crippen LogP contribution in [0.4, 0.5) is 5.69 Å². The van der Waals surface area contributed by atoms with E-state index in [1.54, 1.807) is 0 Å². The molecule has 124 valence electrons. The Labute approximate surface area is 143 Å². The van der Waals surface area contributed by atoms with E-state index in [4.69, 9.17) is 10.00 Å². The number of ether oxygens (including phenoxy) is 1. The van der Waals surface area contributed by atoms with Crippen LogP contribution in [-0.2, 0) is 17.8 Å². The van der Waals surface area contributed by atoms with Crippen molar-refractivity contribution in [3.05, 3.63) is 65.2 Å².